The van der Waals surface area contributed by atoms with Gasteiger partial charge in [0.1, 0.15) is 17.2 Å². The third kappa shape index (κ3) is 3.21. The smallest absolute Gasteiger partial charge is 0.238 e. The highest BCUT2D eigenvalue weighted by molar-refractivity contribution is 6.16. The van der Waals surface area contributed by atoms with Gasteiger partial charge in [-0.1, -0.05) is 78.4 Å². The van der Waals surface area contributed by atoms with Crippen molar-refractivity contribution in [2.75, 3.05) is 5.32 Å². The van der Waals surface area contributed by atoms with Crippen molar-refractivity contribution in [3.05, 3.63) is 137 Å². The molecule has 1 aromatic heterocycles. The van der Waals surface area contributed by atoms with Crippen molar-refractivity contribution in [3.8, 4) is 0 Å². The Kier molecular flexibility index (Phi) is 5.13. The maximum Gasteiger partial charge on any atom is 0.238 e. The molecule has 7 rings (SSSR count). The first-order chi connectivity index (χ1) is 19.0. The minimum Gasteiger partial charge on any atom is -0.358 e. The van der Waals surface area contributed by atoms with Crippen molar-refractivity contribution < 1.29 is 14.4 Å². The van der Waals surface area contributed by atoms with E-state index in [1.807, 2.05) is 84.8 Å². The minimum absolute atomic E-state index is 0.202. The maximum absolute atomic E-state index is 14.6. The zero-order chi connectivity index (χ0) is 26.7. The van der Waals surface area contributed by atoms with Crippen LogP contribution in [-0.4, -0.2) is 33.4 Å². The first kappa shape index (κ1) is 23.3. The normalized spacial score (nSPS) is 24.2. The van der Waals surface area contributed by atoms with Crippen molar-refractivity contribution in [3.63, 3.8) is 0 Å². The fraction of sp³-hybridized carbons (Fsp3) is 0.152. The van der Waals surface area contributed by atoms with Crippen molar-refractivity contribution in [2.24, 2.45) is 5.92 Å². The summed E-state index contributed by atoms with van der Waals surface area (Å²) in [7, 11) is 0. The lowest BCUT2D eigenvalue weighted by Crippen LogP contribution is -2.49. The Morgan fingerprint density at radius 3 is 2.41 bits per heavy atom. The van der Waals surface area contributed by atoms with Crippen LogP contribution >= 0.6 is 0 Å². The molecule has 6 nitrogen and oxygen atoms in total. The molecule has 0 unspecified atom stereocenters. The Hall–Kier alpha value is -4.84. The number of nitrogens with one attached hydrogen (secondary N) is 1. The van der Waals surface area contributed by atoms with Gasteiger partial charge in [-0.25, -0.2) is 0 Å². The van der Waals surface area contributed by atoms with Crippen LogP contribution in [0.1, 0.15) is 49.1 Å². The summed E-state index contributed by atoms with van der Waals surface area (Å²) >= 11 is 0. The van der Waals surface area contributed by atoms with Crippen LogP contribution in [0.25, 0.3) is 6.08 Å². The average molecular weight is 512 g/mol. The Morgan fingerprint density at radius 2 is 1.62 bits per heavy atom. The number of hydrogen-bond donors (Lipinski definition) is 1. The van der Waals surface area contributed by atoms with Crippen LogP contribution in [0, 0.1) is 12.8 Å². The Balaban J connectivity index is 1.54. The number of nitrogens with zero attached hydrogens (tertiary/aromatic N) is 2. The number of benzene rings is 3. The number of aryl methyl sites for hydroxylation is 1. The topological polar surface area (TPSA) is 79.4 Å². The summed E-state index contributed by atoms with van der Waals surface area (Å²) in [5.74, 6) is -1.83. The molecule has 0 saturated carbocycles. The molecule has 0 bridgehead atoms. The number of anilines is 1. The fourth-order valence-electron chi connectivity index (χ4n) is 6.72. The van der Waals surface area contributed by atoms with E-state index in [9.17, 15) is 14.4 Å². The van der Waals surface area contributed by atoms with E-state index in [0.717, 1.165) is 22.3 Å². The van der Waals surface area contributed by atoms with Crippen LogP contribution in [0.3, 0.4) is 0 Å². The molecule has 0 aliphatic carbocycles. The van der Waals surface area contributed by atoms with E-state index in [1.165, 1.54) is 0 Å². The van der Waals surface area contributed by atoms with Gasteiger partial charge in [-0.15, -0.1) is 0 Å². The number of para-hydroxylation sites is 1. The lowest BCUT2D eigenvalue weighted by molar-refractivity contribution is -0.122. The van der Waals surface area contributed by atoms with Crippen LogP contribution in [0.4, 0.5) is 5.69 Å². The first-order valence-electron chi connectivity index (χ1n) is 13.0. The number of carbonyl (C=O) groups is 3. The van der Waals surface area contributed by atoms with Gasteiger partial charge in [0.05, 0.1) is 12.0 Å². The third-order valence-corrected chi connectivity index (χ3v) is 8.37. The summed E-state index contributed by atoms with van der Waals surface area (Å²) in [6.07, 6.45) is 5.41. The van der Waals surface area contributed by atoms with Crippen LogP contribution in [0.5, 0.6) is 0 Å². The number of carbonyl (C=O) groups excluding carboxylic acids is 3. The molecule has 1 spiro atoms. The molecule has 1 N–H and O–H groups in total. The highest BCUT2D eigenvalue weighted by Gasteiger charge is 2.70. The molecular weight excluding hydrogens is 486 g/mol. The Bertz CT molecular complexity index is 1680. The molecule has 4 atom stereocenters. The Morgan fingerprint density at radius 1 is 0.872 bits per heavy atom. The SMILES string of the molecule is Cc1ccc(C(=O)[C@@H]2[C@@H](C(=O)c3ccccn3)[C@@]3(C(=O)Nc4ccccc43)[C@H]3c4ccccc4C=CN23)cc1. The minimum atomic E-state index is -1.35. The number of Topliss-reactive ketones (excluding diaryl/α,β-unsaturated/α-hetero) is 2. The highest BCUT2D eigenvalue weighted by atomic mass is 16.2. The zero-order valence-electron chi connectivity index (χ0n) is 21.2. The molecule has 190 valence electrons. The van der Waals surface area contributed by atoms with Gasteiger partial charge in [0, 0.05) is 23.6 Å². The summed E-state index contributed by atoms with van der Waals surface area (Å²) in [6.45, 7) is 1.96. The van der Waals surface area contributed by atoms with E-state index < -0.39 is 23.4 Å². The van der Waals surface area contributed by atoms with Crippen LogP contribution < -0.4 is 5.32 Å². The van der Waals surface area contributed by atoms with Gasteiger partial charge in [0.2, 0.25) is 5.91 Å². The first-order valence-corrected chi connectivity index (χ1v) is 13.0. The molecule has 4 heterocycles. The van der Waals surface area contributed by atoms with E-state index >= 15 is 0 Å². The second-order valence-corrected chi connectivity index (χ2v) is 10.4. The molecular formula is C33H25N3O3. The predicted octanol–water partition coefficient (Wildman–Crippen LogP) is 5.37. The molecule has 1 amide bonds. The summed E-state index contributed by atoms with van der Waals surface area (Å²) in [6, 6.07) is 26.4. The summed E-state index contributed by atoms with van der Waals surface area (Å²) in [5, 5.41) is 3.06. The monoisotopic (exact) mass is 511 g/mol. The number of hydrogen-bond acceptors (Lipinski definition) is 5. The standard InChI is InChI=1S/C33H25N3O3/c1-20-13-15-22(16-14-20)29(37)28-27(30(38)26-12-6-7-18-34-26)33(24-10-4-5-11-25(24)35-32(33)39)31-23-9-3-2-8-21(23)17-19-36(28)31/h2-19,27-28,31H,1H3,(H,35,39)/t27-,28-,31+,33+/m0/s1. The predicted molar refractivity (Wildman–Crippen MR) is 148 cm³/mol. The van der Waals surface area contributed by atoms with Gasteiger partial charge in [0.15, 0.2) is 11.6 Å². The van der Waals surface area contributed by atoms with E-state index in [4.69, 9.17) is 0 Å². The van der Waals surface area contributed by atoms with E-state index in [2.05, 4.69) is 10.3 Å². The molecule has 0 radical (unpaired) electrons. The summed E-state index contributed by atoms with van der Waals surface area (Å²) in [5.41, 5.74) is 3.67. The van der Waals surface area contributed by atoms with Gasteiger partial charge in [-0.2, -0.15) is 0 Å². The van der Waals surface area contributed by atoms with Gasteiger partial charge < -0.3 is 10.2 Å². The number of pyridine rings is 1. The molecule has 1 saturated heterocycles. The second-order valence-electron chi connectivity index (χ2n) is 10.4. The van der Waals surface area contributed by atoms with Crippen molar-refractivity contribution in [1.29, 1.82) is 0 Å². The second kappa shape index (κ2) is 8.60. The van der Waals surface area contributed by atoms with Gasteiger partial charge in [-0.3, -0.25) is 19.4 Å². The van der Waals surface area contributed by atoms with Crippen molar-refractivity contribution in [1.82, 2.24) is 9.88 Å². The van der Waals surface area contributed by atoms with Crippen molar-refractivity contribution in [2.45, 2.75) is 24.4 Å². The summed E-state index contributed by atoms with van der Waals surface area (Å²) < 4.78 is 0. The number of rotatable bonds is 4. The largest absolute Gasteiger partial charge is 0.358 e. The quantitative estimate of drug-likeness (QED) is 0.373. The molecule has 3 aromatic carbocycles. The van der Waals surface area contributed by atoms with Gasteiger partial charge >= 0.3 is 0 Å². The van der Waals surface area contributed by atoms with Gasteiger partial charge in [-0.05, 0) is 47.9 Å². The van der Waals surface area contributed by atoms with Crippen LogP contribution in [0.2, 0.25) is 0 Å². The van der Waals surface area contributed by atoms with E-state index in [1.54, 1.807) is 36.5 Å². The van der Waals surface area contributed by atoms with Gasteiger partial charge in [0.25, 0.3) is 0 Å². The molecule has 39 heavy (non-hydrogen) atoms. The zero-order valence-corrected chi connectivity index (χ0v) is 21.2. The van der Waals surface area contributed by atoms with E-state index in [0.29, 0.717) is 11.3 Å². The third-order valence-electron chi connectivity index (χ3n) is 8.37. The lowest BCUT2D eigenvalue weighted by atomic mass is 9.63. The lowest BCUT2D eigenvalue weighted by Gasteiger charge is -2.38. The van der Waals surface area contributed by atoms with Crippen molar-refractivity contribution >= 4 is 29.2 Å². The fourth-order valence-corrected chi connectivity index (χ4v) is 6.72. The molecule has 6 heteroatoms. The average Bonchev–Trinajstić information content (AvgIpc) is 3.45. The Labute approximate surface area is 226 Å². The van der Waals surface area contributed by atoms with Crippen LogP contribution in [0.15, 0.2) is 103 Å². The number of amides is 1. The number of fused-ring (bicyclic) bond motifs is 6. The van der Waals surface area contributed by atoms with Crippen LogP contribution in [-0.2, 0) is 10.2 Å². The number of aromatic nitrogens is 1. The molecule has 4 aromatic rings. The summed E-state index contributed by atoms with van der Waals surface area (Å²) in [4.78, 5) is 49.7. The molecule has 3 aliphatic heterocycles. The highest BCUT2D eigenvalue weighted by Crippen LogP contribution is 2.62. The molecule has 1 fully saturated rings. The van der Waals surface area contributed by atoms with E-state index in [-0.39, 0.29) is 23.2 Å². The molecule has 3 aliphatic rings. The number of ketones is 2. The maximum atomic E-state index is 14.6.